The molecule has 2 aliphatic rings. The maximum Gasteiger partial charge on any atom is 0.416 e. The molecule has 2 aromatic carbocycles. The molecule has 0 amide bonds. The molecule has 0 radical (unpaired) electrons. The molecule has 2 heterocycles. The molecule has 0 aromatic heterocycles. The Morgan fingerprint density at radius 3 is 1.76 bits per heavy atom. The number of alkyl halides is 6. The number of likely N-dealkylation sites (N-methyl/N-ethyl adjacent to an activating group) is 2. The van der Waals surface area contributed by atoms with Crippen molar-refractivity contribution in [2.24, 2.45) is 0 Å². The number of epoxide rings is 1. The van der Waals surface area contributed by atoms with E-state index in [0.717, 1.165) is 24.3 Å². The Bertz CT molecular complexity index is 1020. The van der Waals surface area contributed by atoms with Gasteiger partial charge in [0.05, 0.1) is 29.8 Å². The first kappa shape index (κ1) is 25.0. The lowest BCUT2D eigenvalue weighted by Gasteiger charge is -2.27. The summed E-state index contributed by atoms with van der Waals surface area (Å²) in [6.07, 6.45) is -4.42. The highest BCUT2D eigenvalue weighted by atomic mass is 31.2. The molecule has 34 heavy (non-hydrogen) atoms. The molecular weight excluding hydrogens is 481 g/mol. The largest absolute Gasteiger partial charge is 0.416 e. The highest BCUT2D eigenvalue weighted by Crippen LogP contribution is 2.63. The van der Waals surface area contributed by atoms with Crippen LogP contribution in [0.3, 0.4) is 0 Å². The molecule has 4 rings (SSSR count). The third kappa shape index (κ3) is 4.95. The van der Waals surface area contributed by atoms with E-state index in [-0.39, 0.29) is 18.8 Å². The van der Waals surface area contributed by atoms with Gasteiger partial charge in [0.1, 0.15) is 12.2 Å². The molecule has 4 nitrogen and oxygen atoms in total. The second kappa shape index (κ2) is 9.14. The van der Waals surface area contributed by atoms with Crippen molar-refractivity contribution in [3.05, 3.63) is 70.8 Å². The molecule has 0 aliphatic carbocycles. The summed E-state index contributed by atoms with van der Waals surface area (Å²) in [4.78, 5) is 0. The molecule has 11 heteroatoms. The Morgan fingerprint density at radius 2 is 1.38 bits per heavy atom. The van der Waals surface area contributed by atoms with Crippen molar-refractivity contribution in [1.82, 2.24) is 9.34 Å². The lowest BCUT2D eigenvalue weighted by Crippen LogP contribution is -2.22. The average Bonchev–Trinajstić information content (AvgIpc) is 3.49. The number of rotatable bonds is 5. The van der Waals surface area contributed by atoms with Gasteiger partial charge in [-0.15, -0.1) is 6.42 Å². The second-order valence-electron chi connectivity index (χ2n) is 8.09. The molecule has 0 spiro atoms. The van der Waals surface area contributed by atoms with Crippen molar-refractivity contribution < 1.29 is 35.6 Å². The van der Waals surface area contributed by atoms with Crippen molar-refractivity contribution in [3.8, 4) is 12.3 Å². The number of terminal acetylenes is 1. The molecule has 4 atom stereocenters. The molecule has 0 bridgehead atoms. The topological polar surface area (TPSA) is 28.2 Å². The van der Waals surface area contributed by atoms with Crippen LogP contribution in [0, 0.1) is 12.3 Å². The second-order valence-corrected chi connectivity index (χ2v) is 10.1. The minimum atomic E-state index is -4.56. The molecule has 2 fully saturated rings. The van der Waals surface area contributed by atoms with Gasteiger partial charge in [-0.05, 0) is 49.5 Å². The van der Waals surface area contributed by atoms with Gasteiger partial charge in [-0.1, -0.05) is 30.2 Å². The highest BCUT2D eigenvalue weighted by Gasteiger charge is 2.49. The molecule has 2 aromatic rings. The lowest BCUT2D eigenvalue weighted by atomic mass is 9.91. The SMILES string of the molecule is C#C[C@H]1O[C@@H]1COP1N(C)[C@@H](c2cccc(C(F)(F)F)c2)[C@H](c2cccc(C(F)(F)F)c2)N1C. The van der Waals surface area contributed by atoms with Crippen LogP contribution in [0.15, 0.2) is 48.5 Å². The van der Waals surface area contributed by atoms with Crippen LogP contribution in [-0.2, 0) is 21.6 Å². The van der Waals surface area contributed by atoms with Gasteiger partial charge in [0, 0.05) is 0 Å². The number of ether oxygens (including phenoxy) is 1. The normalized spacial score (nSPS) is 26.6. The maximum absolute atomic E-state index is 13.4. The monoisotopic (exact) mass is 502 g/mol. The summed E-state index contributed by atoms with van der Waals surface area (Å²) in [5.41, 5.74) is -1.01. The molecule has 2 saturated heterocycles. The smallest absolute Gasteiger partial charge is 0.353 e. The third-order valence-electron chi connectivity index (χ3n) is 5.86. The summed E-state index contributed by atoms with van der Waals surface area (Å²) in [6, 6.07) is 8.30. The van der Waals surface area contributed by atoms with Gasteiger partial charge in [0.2, 0.25) is 0 Å². The van der Waals surface area contributed by atoms with Crippen LogP contribution < -0.4 is 0 Å². The van der Waals surface area contributed by atoms with Crippen molar-refractivity contribution in [2.75, 3.05) is 20.7 Å². The molecule has 182 valence electrons. The Hall–Kier alpha value is -2.15. The minimum Gasteiger partial charge on any atom is -0.353 e. The van der Waals surface area contributed by atoms with Gasteiger partial charge in [0.25, 0.3) is 0 Å². The fraction of sp³-hybridized carbons (Fsp3) is 0.391. The Kier molecular flexibility index (Phi) is 6.71. The highest BCUT2D eigenvalue weighted by molar-refractivity contribution is 7.47. The Morgan fingerprint density at radius 1 is 0.912 bits per heavy atom. The summed E-state index contributed by atoms with van der Waals surface area (Å²) in [5.74, 6) is 2.46. The Balaban J connectivity index is 1.72. The Labute approximate surface area is 194 Å². The van der Waals surface area contributed by atoms with Gasteiger partial charge in [-0.3, -0.25) is 0 Å². The zero-order valence-electron chi connectivity index (χ0n) is 18.1. The zero-order chi connectivity index (χ0) is 24.8. The summed E-state index contributed by atoms with van der Waals surface area (Å²) in [6.45, 7) is 0.167. The molecule has 2 aliphatic heterocycles. The van der Waals surface area contributed by atoms with Crippen LogP contribution in [0.1, 0.15) is 34.3 Å². The van der Waals surface area contributed by atoms with Gasteiger partial charge in [-0.2, -0.15) is 26.3 Å². The predicted molar refractivity (Wildman–Crippen MR) is 114 cm³/mol. The zero-order valence-corrected chi connectivity index (χ0v) is 19.0. The molecular formula is C23H21F6N2O2P. The maximum atomic E-state index is 13.4. The predicted octanol–water partition coefficient (Wildman–Crippen LogP) is 6.03. The summed E-state index contributed by atoms with van der Waals surface area (Å²) >= 11 is 0. The first-order chi connectivity index (χ1) is 15.9. The van der Waals surface area contributed by atoms with Crippen LogP contribution in [0.5, 0.6) is 0 Å². The van der Waals surface area contributed by atoms with Crippen LogP contribution in [0.4, 0.5) is 26.3 Å². The lowest BCUT2D eigenvalue weighted by molar-refractivity contribution is -0.138. The van der Waals surface area contributed by atoms with Crippen LogP contribution in [0.2, 0.25) is 0 Å². The van der Waals surface area contributed by atoms with Gasteiger partial charge in [-0.25, -0.2) is 9.34 Å². The van der Waals surface area contributed by atoms with Gasteiger partial charge >= 0.3 is 12.4 Å². The number of nitrogens with zero attached hydrogens (tertiary/aromatic N) is 2. The molecule has 0 N–H and O–H groups in total. The minimum absolute atomic E-state index is 0.167. The van der Waals surface area contributed by atoms with Crippen LogP contribution >= 0.6 is 8.45 Å². The van der Waals surface area contributed by atoms with Crippen molar-refractivity contribution in [1.29, 1.82) is 0 Å². The van der Waals surface area contributed by atoms with E-state index in [9.17, 15) is 26.3 Å². The molecule has 0 saturated carbocycles. The van der Waals surface area contributed by atoms with Gasteiger partial charge in [0.15, 0.2) is 8.45 Å². The van der Waals surface area contributed by atoms with E-state index in [1.807, 2.05) is 0 Å². The third-order valence-corrected chi connectivity index (χ3v) is 7.81. The van der Waals surface area contributed by atoms with Crippen molar-refractivity contribution in [3.63, 3.8) is 0 Å². The summed E-state index contributed by atoms with van der Waals surface area (Å²) < 4.78 is 95.2. The number of hydrogen-bond acceptors (Lipinski definition) is 4. The van der Waals surface area contributed by atoms with E-state index in [2.05, 4.69) is 5.92 Å². The van der Waals surface area contributed by atoms with E-state index in [0.29, 0.717) is 11.1 Å². The van der Waals surface area contributed by atoms with E-state index < -0.39 is 44.0 Å². The number of halogens is 6. The van der Waals surface area contributed by atoms with Crippen LogP contribution in [-0.4, -0.2) is 42.3 Å². The fourth-order valence-corrected chi connectivity index (χ4v) is 6.21. The van der Waals surface area contributed by atoms with E-state index in [1.165, 1.54) is 12.1 Å². The van der Waals surface area contributed by atoms with Gasteiger partial charge < -0.3 is 9.26 Å². The standard InChI is InChI=1S/C23H21F6N2O2P/c1-4-18-19(33-18)13-32-34-30(2)20(14-7-5-9-16(11-14)22(24,25)26)21(31(34)3)15-8-6-10-17(12-15)23(27,28)29/h1,5-12,18-21H,13H2,2-3H3/t18-,19-,20+,21+/m1/s1. The van der Waals surface area contributed by atoms with Crippen LogP contribution in [0.25, 0.3) is 0 Å². The fourth-order valence-electron chi connectivity index (χ4n) is 4.18. The van der Waals surface area contributed by atoms with Crippen molar-refractivity contribution in [2.45, 2.75) is 36.6 Å². The summed E-state index contributed by atoms with van der Waals surface area (Å²) in [7, 11) is 1.85. The first-order valence-corrected chi connectivity index (χ1v) is 11.4. The van der Waals surface area contributed by atoms with E-state index in [4.69, 9.17) is 15.7 Å². The number of benzene rings is 2. The number of hydrogen-bond donors (Lipinski definition) is 0. The average molecular weight is 502 g/mol. The molecule has 0 unspecified atom stereocenters. The van der Waals surface area contributed by atoms with E-state index >= 15 is 0 Å². The van der Waals surface area contributed by atoms with Crippen molar-refractivity contribution >= 4 is 8.45 Å². The van der Waals surface area contributed by atoms with E-state index in [1.54, 1.807) is 35.6 Å². The summed E-state index contributed by atoms with van der Waals surface area (Å²) in [5, 5.41) is 0. The first-order valence-electron chi connectivity index (χ1n) is 10.3. The quantitative estimate of drug-likeness (QED) is 0.216.